The summed E-state index contributed by atoms with van der Waals surface area (Å²) >= 11 is 0. The first-order valence-electron chi connectivity index (χ1n) is 6.34. The molecule has 1 heterocycles. The van der Waals surface area contributed by atoms with Crippen LogP contribution in [0.3, 0.4) is 0 Å². The van der Waals surface area contributed by atoms with Crippen molar-refractivity contribution in [3.63, 3.8) is 0 Å². The smallest absolute Gasteiger partial charge is 0.407 e. The molecule has 1 amide bonds. The Labute approximate surface area is 111 Å². The van der Waals surface area contributed by atoms with Gasteiger partial charge in [-0.2, -0.15) is 13.2 Å². The zero-order valence-electron chi connectivity index (χ0n) is 11.5. The highest BCUT2D eigenvalue weighted by Crippen LogP contribution is 2.20. The number of halogens is 3. The van der Waals surface area contributed by atoms with Gasteiger partial charge in [-0.05, 0) is 40.2 Å². The molecule has 1 atom stereocenters. The van der Waals surface area contributed by atoms with Crippen LogP contribution in [0.1, 0.15) is 33.6 Å². The van der Waals surface area contributed by atoms with E-state index in [0.29, 0.717) is 19.4 Å². The Morgan fingerprint density at radius 1 is 1.37 bits per heavy atom. The molecule has 1 N–H and O–H groups in total. The van der Waals surface area contributed by atoms with E-state index >= 15 is 0 Å². The molecule has 1 rings (SSSR count). The summed E-state index contributed by atoms with van der Waals surface area (Å²) < 4.78 is 42.0. The molecule has 0 aromatic carbocycles. The summed E-state index contributed by atoms with van der Waals surface area (Å²) in [5.74, 6) is 0. The molecular weight excluding hydrogens is 261 g/mol. The minimum atomic E-state index is -4.20. The Balaban J connectivity index is 2.41. The number of carbonyl (C=O) groups is 1. The van der Waals surface area contributed by atoms with E-state index in [4.69, 9.17) is 4.74 Å². The predicted octanol–water partition coefficient (Wildman–Crippen LogP) is 2.54. The van der Waals surface area contributed by atoms with Crippen molar-refractivity contribution in [2.24, 2.45) is 0 Å². The van der Waals surface area contributed by atoms with E-state index in [0.717, 1.165) is 0 Å². The van der Waals surface area contributed by atoms with Crippen molar-refractivity contribution in [2.75, 3.05) is 19.6 Å². The minimum Gasteiger partial charge on any atom is -0.444 e. The number of hydrogen-bond donors (Lipinski definition) is 1. The van der Waals surface area contributed by atoms with Crippen molar-refractivity contribution in [3.05, 3.63) is 0 Å². The Morgan fingerprint density at radius 3 is 2.53 bits per heavy atom. The highest BCUT2D eigenvalue weighted by Gasteiger charge is 2.33. The number of amides is 1. The fourth-order valence-electron chi connectivity index (χ4n) is 2.04. The molecule has 1 aliphatic rings. The fraction of sp³-hybridized carbons (Fsp3) is 0.917. The summed E-state index contributed by atoms with van der Waals surface area (Å²) in [6.45, 7) is 4.90. The Kier molecular flexibility index (Phi) is 5.06. The first-order valence-corrected chi connectivity index (χ1v) is 6.34. The number of alkyl carbamates (subject to hydrolysis) is 1. The number of ether oxygens (including phenoxy) is 1. The maximum absolute atomic E-state index is 12.3. The highest BCUT2D eigenvalue weighted by atomic mass is 19.4. The van der Waals surface area contributed by atoms with Gasteiger partial charge >= 0.3 is 12.3 Å². The van der Waals surface area contributed by atoms with Crippen LogP contribution in [0.5, 0.6) is 0 Å². The zero-order valence-corrected chi connectivity index (χ0v) is 11.5. The second kappa shape index (κ2) is 5.98. The van der Waals surface area contributed by atoms with Gasteiger partial charge in [-0.15, -0.1) is 0 Å². The summed E-state index contributed by atoms with van der Waals surface area (Å²) in [4.78, 5) is 12.9. The second-order valence-electron chi connectivity index (χ2n) is 5.84. The lowest BCUT2D eigenvalue weighted by Crippen LogP contribution is -2.50. The number of hydrogen-bond acceptors (Lipinski definition) is 3. The van der Waals surface area contributed by atoms with Gasteiger partial charge in [0, 0.05) is 12.6 Å². The molecule has 0 radical (unpaired) electrons. The standard InChI is InChI=1S/C12H21F3N2O2/c1-11(2,3)19-10(18)16-9-5-4-6-17(7-9)8-12(13,14)15/h9H,4-8H2,1-3H3,(H,16,18)/t9-/m1/s1. The number of nitrogens with zero attached hydrogens (tertiary/aromatic N) is 1. The Morgan fingerprint density at radius 2 is 2.00 bits per heavy atom. The molecule has 0 spiro atoms. The number of nitrogens with one attached hydrogen (secondary N) is 1. The number of alkyl halides is 3. The molecule has 1 saturated heterocycles. The summed E-state index contributed by atoms with van der Waals surface area (Å²) in [7, 11) is 0. The topological polar surface area (TPSA) is 41.6 Å². The van der Waals surface area contributed by atoms with Gasteiger partial charge in [-0.25, -0.2) is 4.79 Å². The number of likely N-dealkylation sites (tertiary alicyclic amines) is 1. The van der Waals surface area contributed by atoms with Crippen LogP contribution in [0.25, 0.3) is 0 Å². The molecule has 19 heavy (non-hydrogen) atoms. The normalized spacial score (nSPS) is 22.1. The average Bonchev–Trinajstić information content (AvgIpc) is 2.11. The van der Waals surface area contributed by atoms with E-state index in [-0.39, 0.29) is 12.6 Å². The van der Waals surface area contributed by atoms with E-state index in [1.165, 1.54) is 4.90 Å². The zero-order chi connectivity index (χ0) is 14.7. The van der Waals surface area contributed by atoms with Crippen LogP contribution in [-0.2, 0) is 4.74 Å². The molecule has 0 aromatic heterocycles. The van der Waals surface area contributed by atoms with Crippen LogP contribution < -0.4 is 5.32 Å². The second-order valence-corrected chi connectivity index (χ2v) is 5.84. The summed E-state index contributed by atoms with van der Waals surface area (Å²) in [6.07, 6.45) is -3.47. The van der Waals surface area contributed by atoms with Crippen molar-refractivity contribution < 1.29 is 22.7 Å². The Bertz CT molecular complexity index is 313. The van der Waals surface area contributed by atoms with Gasteiger partial charge in [0.2, 0.25) is 0 Å². The minimum absolute atomic E-state index is 0.207. The van der Waals surface area contributed by atoms with Crippen LogP contribution >= 0.6 is 0 Å². The number of piperidine rings is 1. The molecule has 4 nitrogen and oxygen atoms in total. The van der Waals surface area contributed by atoms with E-state index in [1.807, 2.05) is 0 Å². The van der Waals surface area contributed by atoms with Gasteiger partial charge < -0.3 is 10.1 Å². The summed E-state index contributed by atoms with van der Waals surface area (Å²) in [5, 5.41) is 2.62. The molecule has 0 aromatic rings. The van der Waals surface area contributed by atoms with Crippen molar-refractivity contribution in [1.82, 2.24) is 10.2 Å². The molecule has 112 valence electrons. The molecule has 1 aliphatic heterocycles. The number of carbonyl (C=O) groups excluding carboxylic acids is 1. The molecule has 0 unspecified atom stereocenters. The first-order chi connectivity index (χ1) is 8.55. The van der Waals surface area contributed by atoms with Gasteiger partial charge in [0.15, 0.2) is 0 Å². The molecule has 0 saturated carbocycles. The largest absolute Gasteiger partial charge is 0.444 e. The van der Waals surface area contributed by atoms with Crippen LogP contribution in [-0.4, -0.2) is 48.4 Å². The third kappa shape index (κ3) is 7.25. The van der Waals surface area contributed by atoms with Gasteiger partial charge in [-0.3, -0.25) is 4.90 Å². The van der Waals surface area contributed by atoms with Crippen molar-refractivity contribution >= 4 is 6.09 Å². The summed E-state index contributed by atoms with van der Waals surface area (Å²) in [6, 6.07) is -0.286. The number of rotatable bonds is 2. The van der Waals surface area contributed by atoms with Crippen molar-refractivity contribution in [1.29, 1.82) is 0 Å². The Hall–Kier alpha value is -0.980. The van der Waals surface area contributed by atoms with E-state index in [9.17, 15) is 18.0 Å². The molecule has 0 aliphatic carbocycles. The monoisotopic (exact) mass is 282 g/mol. The highest BCUT2D eigenvalue weighted by molar-refractivity contribution is 5.68. The SMILES string of the molecule is CC(C)(C)OC(=O)N[C@@H]1CCCN(CC(F)(F)F)C1. The molecule has 7 heteroatoms. The van der Waals surface area contributed by atoms with Crippen LogP contribution in [0, 0.1) is 0 Å². The quantitative estimate of drug-likeness (QED) is 0.846. The lowest BCUT2D eigenvalue weighted by atomic mass is 10.1. The van der Waals surface area contributed by atoms with Gasteiger partial charge in [0.1, 0.15) is 5.60 Å². The average molecular weight is 282 g/mol. The maximum Gasteiger partial charge on any atom is 0.407 e. The third-order valence-electron chi connectivity index (χ3n) is 2.63. The molecular formula is C12H21F3N2O2. The molecule has 0 bridgehead atoms. The van der Waals surface area contributed by atoms with Gasteiger partial charge in [0.25, 0.3) is 0 Å². The fourth-order valence-corrected chi connectivity index (χ4v) is 2.04. The van der Waals surface area contributed by atoms with Crippen molar-refractivity contribution in [2.45, 2.75) is 51.4 Å². The lowest BCUT2D eigenvalue weighted by Gasteiger charge is -2.33. The lowest BCUT2D eigenvalue weighted by molar-refractivity contribution is -0.148. The van der Waals surface area contributed by atoms with E-state index in [1.54, 1.807) is 20.8 Å². The van der Waals surface area contributed by atoms with E-state index in [2.05, 4.69) is 5.32 Å². The van der Waals surface area contributed by atoms with Crippen molar-refractivity contribution in [3.8, 4) is 0 Å². The molecule has 1 fully saturated rings. The van der Waals surface area contributed by atoms with Gasteiger partial charge in [-0.1, -0.05) is 0 Å². The van der Waals surface area contributed by atoms with E-state index < -0.39 is 24.4 Å². The summed E-state index contributed by atoms with van der Waals surface area (Å²) in [5.41, 5.74) is -0.607. The van der Waals surface area contributed by atoms with Crippen LogP contribution in [0.2, 0.25) is 0 Å². The third-order valence-corrected chi connectivity index (χ3v) is 2.63. The van der Waals surface area contributed by atoms with Gasteiger partial charge in [0.05, 0.1) is 6.54 Å². The maximum atomic E-state index is 12.3. The first kappa shape index (κ1) is 16.1. The predicted molar refractivity (Wildman–Crippen MR) is 64.9 cm³/mol. The van der Waals surface area contributed by atoms with Crippen LogP contribution in [0.15, 0.2) is 0 Å². The van der Waals surface area contributed by atoms with Crippen LogP contribution in [0.4, 0.5) is 18.0 Å².